The van der Waals surface area contributed by atoms with Crippen molar-refractivity contribution in [3.05, 3.63) is 72.9 Å². The Morgan fingerprint density at radius 2 is 1.06 bits per heavy atom. The van der Waals surface area contributed by atoms with E-state index in [2.05, 4.69) is 118 Å². The molecule has 302 valence electrons. The van der Waals surface area contributed by atoms with Gasteiger partial charge in [0.1, 0.15) is 0 Å². The topological polar surface area (TPSA) is 106 Å². The summed E-state index contributed by atoms with van der Waals surface area (Å²) in [5.74, 6) is 1.79. The molecule has 3 amide bonds. The van der Waals surface area contributed by atoms with E-state index in [1.165, 1.54) is 12.8 Å². The highest BCUT2D eigenvalue weighted by Gasteiger charge is 2.25. The van der Waals surface area contributed by atoms with E-state index in [0.29, 0.717) is 32.3 Å². The van der Waals surface area contributed by atoms with Gasteiger partial charge in [0.05, 0.1) is 12.7 Å². The van der Waals surface area contributed by atoms with Crippen LogP contribution in [0.25, 0.3) is 0 Å². The third-order valence-corrected chi connectivity index (χ3v) is 9.26. The molecule has 10 heteroatoms. The van der Waals surface area contributed by atoms with Crippen LogP contribution < -0.4 is 16.0 Å². The number of ether oxygens (including phenoxy) is 2. The summed E-state index contributed by atoms with van der Waals surface area (Å²) in [6.07, 6.45) is 37.4. The lowest BCUT2D eigenvalue weighted by molar-refractivity contribution is -0.120. The molecule has 1 atom stereocenters. The Labute approximate surface area is 328 Å². The van der Waals surface area contributed by atoms with Crippen LogP contribution in [-0.4, -0.2) is 76.8 Å². The Morgan fingerprint density at radius 1 is 0.635 bits per heavy atom. The number of carbonyl (C=O) groups excluding carboxylic acids is 3. The van der Waals surface area contributed by atoms with Gasteiger partial charge in [0.25, 0.3) is 0 Å². The van der Waals surface area contributed by atoms with Gasteiger partial charge >= 0.3 is 0 Å². The van der Waals surface area contributed by atoms with Crippen molar-refractivity contribution in [1.82, 2.24) is 16.0 Å². The first-order valence-corrected chi connectivity index (χ1v) is 21.4. The van der Waals surface area contributed by atoms with Gasteiger partial charge in [-0.15, -0.1) is 0 Å². The Bertz CT molecular complexity index is 933. The van der Waals surface area contributed by atoms with E-state index in [0.717, 1.165) is 69.6 Å². The van der Waals surface area contributed by atoms with Gasteiger partial charge in [0.2, 0.25) is 18.7 Å². The Kier molecular flexibility index (Phi) is 54.7. The third-order valence-electron chi connectivity index (χ3n) is 6.85. The molecule has 0 aliphatic carbocycles. The molecule has 0 saturated heterocycles. The zero-order valence-corrected chi connectivity index (χ0v) is 36.0. The molecule has 0 saturated carbocycles. The highest BCUT2D eigenvalue weighted by Crippen LogP contribution is 2.22. The zero-order valence-electron chi connectivity index (χ0n) is 34.3. The maximum Gasteiger partial charge on any atom is 0.223 e. The second-order valence-electron chi connectivity index (χ2n) is 12.1. The van der Waals surface area contributed by atoms with Gasteiger partial charge in [-0.3, -0.25) is 14.4 Å². The van der Waals surface area contributed by atoms with Crippen molar-refractivity contribution in [2.75, 3.05) is 52.0 Å². The van der Waals surface area contributed by atoms with Gasteiger partial charge in [0.15, 0.2) is 0 Å². The highest BCUT2D eigenvalue weighted by molar-refractivity contribution is 8.76. The average Bonchev–Trinajstić information content (AvgIpc) is 3.14. The second-order valence-corrected chi connectivity index (χ2v) is 14.8. The molecule has 8 nitrogen and oxygen atoms in total. The van der Waals surface area contributed by atoms with E-state index in [4.69, 9.17) is 9.47 Å². The van der Waals surface area contributed by atoms with Gasteiger partial charge in [-0.25, -0.2) is 0 Å². The predicted octanol–water partition coefficient (Wildman–Crippen LogP) is 9.96. The molecule has 0 rings (SSSR count). The molecule has 0 bridgehead atoms. The number of rotatable bonds is 29. The van der Waals surface area contributed by atoms with Crippen LogP contribution in [0.2, 0.25) is 0 Å². The zero-order chi connectivity index (χ0) is 39.8. The molecule has 3 N–H and O–H groups in total. The summed E-state index contributed by atoms with van der Waals surface area (Å²) in [4.78, 5) is 31.3. The van der Waals surface area contributed by atoms with E-state index in [1.807, 2.05) is 19.1 Å². The minimum Gasteiger partial charge on any atom is -0.384 e. The monoisotopic (exact) mass is 768 g/mol. The molecule has 0 aromatic rings. The molecule has 0 radical (unpaired) electrons. The van der Waals surface area contributed by atoms with Crippen LogP contribution in [0.4, 0.5) is 0 Å². The largest absolute Gasteiger partial charge is 0.384 e. The van der Waals surface area contributed by atoms with Gasteiger partial charge in [-0.1, -0.05) is 149 Å². The quantitative estimate of drug-likeness (QED) is 0.0301. The molecule has 0 aromatic carbocycles. The SMILES string of the molecule is CC/C=C\C/C=C\C/C=C\C/C=C\C/C=C\C/C=C\CC(=O)NCCSSCCNC=O.CCCC.CCCNC=O.COCC(C)(C)[C@H](C)OC. The summed E-state index contributed by atoms with van der Waals surface area (Å²) < 4.78 is 10.2. The van der Waals surface area contributed by atoms with Crippen molar-refractivity contribution >= 4 is 40.3 Å². The number of carbonyl (C=O) groups is 3. The molecule has 0 aliphatic rings. The maximum atomic E-state index is 11.7. The van der Waals surface area contributed by atoms with Gasteiger partial charge in [-0.2, -0.15) is 0 Å². The number of allylic oxidation sites excluding steroid dienone is 11. The lowest BCUT2D eigenvalue weighted by atomic mass is 9.88. The molecule has 0 aromatic heterocycles. The fourth-order valence-corrected chi connectivity index (χ4v) is 5.13. The first-order valence-electron chi connectivity index (χ1n) is 18.9. The summed E-state index contributed by atoms with van der Waals surface area (Å²) in [6.45, 7) is 17.7. The van der Waals surface area contributed by atoms with Crippen LogP contribution in [0.15, 0.2) is 72.9 Å². The standard InChI is InChI=1S/C26H40N2O2S2.C8H18O2.C4H9NO.C4H10/c1-2-3-4-5-6-7-8-9-10-11-12-13-14-15-16-17-18-19-20-26(30)28-22-24-32-31-23-21-27-25-29;1-7(10-5)8(2,3)6-9-4;1-2-3-5-4-6;1-3-4-2/h3-4,6-7,9-10,12-13,15-16,18-19,25H,2,5,8,11,14,17,20-24H2,1H3,(H,27,29)(H,28,30);7H,6H2,1-5H3;4H,2-3H2,1H3,(H,5,6);3-4H2,1-2H3/b4-3-,7-6-,10-9-,13-12-,16-15-,19-18-;;;/t;7-;;/m.0../s1. The van der Waals surface area contributed by atoms with Crippen LogP contribution in [0.5, 0.6) is 0 Å². The van der Waals surface area contributed by atoms with E-state index in [-0.39, 0.29) is 17.4 Å². The summed E-state index contributed by atoms with van der Waals surface area (Å²) in [6, 6.07) is 0. The number of unbranched alkanes of at least 4 members (excludes halogenated alkanes) is 1. The Hall–Kier alpha value is -2.53. The molecular formula is C42H77N3O5S2. The molecule has 0 unspecified atom stereocenters. The maximum absolute atomic E-state index is 11.7. The van der Waals surface area contributed by atoms with Crippen molar-refractivity contribution in [3.63, 3.8) is 0 Å². The lowest BCUT2D eigenvalue weighted by Crippen LogP contribution is -2.32. The predicted molar refractivity (Wildman–Crippen MR) is 232 cm³/mol. The van der Waals surface area contributed by atoms with Crippen molar-refractivity contribution in [2.24, 2.45) is 5.41 Å². The van der Waals surface area contributed by atoms with Crippen molar-refractivity contribution in [2.45, 2.75) is 119 Å². The van der Waals surface area contributed by atoms with Crippen molar-refractivity contribution < 1.29 is 23.9 Å². The number of hydrogen-bond acceptors (Lipinski definition) is 7. The van der Waals surface area contributed by atoms with Crippen molar-refractivity contribution in [3.8, 4) is 0 Å². The molecule has 0 heterocycles. The summed E-state index contributed by atoms with van der Waals surface area (Å²) in [5, 5.41) is 8.04. The Balaban J connectivity index is -0.000000465. The molecule has 0 aliphatic heterocycles. The summed E-state index contributed by atoms with van der Waals surface area (Å²) in [5.41, 5.74) is 0.115. The minimum absolute atomic E-state index is 0.0539. The summed E-state index contributed by atoms with van der Waals surface area (Å²) >= 11 is 0. The van der Waals surface area contributed by atoms with Gasteiger partial charge in [-0.05, 0) is 51.9 Å². The smallest absolute Gasteiger partial charge is 0.223 e. The van der Waals surface area contributed by atoms with Gasteiger partial charge in [0, 0.05) is 57.2 Å². The van der Waals surface area contributed by atoms with E-state index < -0.39 is 0 Å². The van der Waals surface area contributed by atoms with E-state index in [1.54, 1.807) is 35.8 Å². The minimum atomic E-state index is 0.0539. The second kappa shape index (κ2) is 50.6. The van der Waals surface area contributed by atoms with Crippen LogP contribution in [0, 0.1) is 5.41 Å². The number of nitrogens with one attached hydrogen (secondary N) is 3. The fourth-order valence-electron chi connectivity index (χ4n) is 3.31. The number of methoxy groups -OCH3 is 2. The summed E-state index contributed by atoms with van der Waals surface area (Å²) in [7, 11) is 6.83. The normalized spacial score (nSPS) is 12.0. The lowest BCUT2D eigenvalue weighted by Gasteiger charge is -2.29. The van der Waals surface area contributed by atoms with Gasteiger partial charge < -0.3 is 25.4 Å². The van der Waals surface area contributed by atoms with Crippen molar-refractivity contribution in [1.29, 1.82) is 0 Å². The molecule has 52 heavy (non-hydrogen) atoms. The van der Waals surface area contributed by atoms with Crippen LogP contribution >= 0.6 is 21.6 Å². The number of amides is 3. The third kappa shape index (κ3) is 54.2. The highest BCUT2D eigenvalue weighted by atomic mass is 33.1. The van der Waals surface area contributed by atoms with Crippen LogP contribution in [0.1, 0.15) is 113 Å². The Morgan fingerprint density at radius 3 is 1.42 bits per heavy atom. The first-order chi connectivity index (χ1) is 25.2. The first kappa shape index (κ1) is 56.2. The average molecular weight is 768 g/mol. The fraction of sp³-hybridized carbons (Fsp3) is 0.643. The molecule has 0 fully saturated rings. The molecule has 0 spiro atoms. The number of hydrogen-bond donors (Lipinski definition) is 3. The van der Waals surface area contributed by atoms with E-state index in [9.17, 15) is 14.4 Å². The van der Waals surface area contributed by atoms with Crippen LogP contribution in [-0.2, 0) is 23.9 Å². The molecular weight excluding hydrogens is 691 g/mol. The van der Waals surface area contributed by atoms with E-state index >= 15 is 0 Å². The van der Waals surface area contributed by atoms with Crippen LogP contribution in [0.3, 0.4) is 0 Å².